The Kier molecular flexibility index (Phi) is 4.70. The van der Waals surface area contributed by atoms with Crippen LogP contribution in [0.1, 0.15) is 47.1 Å². The lowest BCUT2D eigenvalue weighted by Crippen LogP contribution is -2.45. The lowest BCUT2D eigenvalue weighted by Gasteiger charge is -2.29. The number of nitrogens with zero attached hydrogens (tertiary/aromatic N) is 1. The first-order valence-corrected chi connectivity index (χ1v) is 8.49. The predicted octanol–water partition coefficient (Wildman–Crippen LogP) is 3.54. The lowest BCUT2D eigenvalue weighted by atomic mass is 10.1. The molecule has 2 aromatic rings. The number of imide groups is 1. The Morgan fingerprint density at radius 2 is 1.70 bits per heavy atom. The summed E-state index contributed by atoms with van der Waals surface area (Å²) < 4.78 is 13.6. The van der Waals surface area contributed by atoms with Crippen LogP contribution in [0.3, 0.4) is 0 Å². The highest BCUT2D eigenvalue weighted by molar-refractivity contribution is 6.22. The Morgan fingerprint density at radius 1 is 1.04 bits per heavy atom. The number of urea groups is 1. The molecule has 0 saturated heterocycles. The molecule has 1 aliphatic rings. The first-order chi connectivity index (χ1) is 12.7. The molecule has 2 N–H and O–H groups in total. The molecule has 0 atom stereocenters. The minimum atomic E-state index is -0.641. The van der Waals surface area contributed by atoms with Crippen LogP contribution in [0.2, 0.25) is 0 Å². The fourth-order valence-electron chi connectivity index (χ4n) is 2.92. The molecule has 3 rings (SSSR count). The Hall–Kier alpha value is -3.22. The zero-order valence-electron chi connectivity index (χ0n) is 15.3. The average Bonchev–Trinajstić information content (AvgIpc) is 2.84. The molecule has 0 fully saturated rings. The zero-order valence-corrected chi connectivity index (χ0v) is 15.3. The summed E-state index contributed by atoms with van der Waals surface area (Å²) in [5, 5.41) is 5.15. The van der Waals surface area contributed by atoms with E-state index >= 15 is 0 Å². The number of anilines is 1. The van der Waals surface area contributed by atoms with E-state index in [1.165, 1.54) is 23.1 Å². The molecular formula is C20H20FN3O3. The largest absolute Gasteiger partial charge is 0.334 e. The molecule has 0 aliphatic carbocycles. The number of hydrogen-bond acceptors (Lipinski definition) is 3. The Labute approximate surface area is 156 Å². The van der Waals surface area contributed by atoms with E-state index in [1.807, 2.05) is 0 Å². The van der Waals surface area contributed by atoms with Crippen molar-refractivity contribution in [1.29, 1.82) is 0 Å². The molecule has 7 heteroatoms. The van der Waals surface area contributed by atoms with E-state index in [-0.39, 0.29) is 18.0 Å². The first kappa shape index (κ1) is 18.6. The van der Waals surface area contributed by atoms with Gasteiger partial charge in [0.1, 0.15) is 5.82 Å². The van der Waals surface area contributed by atoms with Gasteiger partial charge in [-0.1, -0.05) is 18.2 Å². The van der Waals surface area contributed by atoms with Gasteiger partial charge in [-0.05, 0) is 45.0 Å². The minimum absolute atomic E-state index is 0.0265. The number of halogens is 1. The van der Waals surface area contributed by atoms with E-state index in [4.69, 9.17) is 0 Å². The molecule has 2 aromatic carbocycles. The molecule has 140 valence electrons. The maximum atomic E-state index is 13.6. The van der Waals surface area contributed by atoms with E-state index in [0.29, 0.717) is 16.8 Å². The summed E-state index contributed by atoms with van der Waals surface area (Å²) in [6.07, 6.45) is 0. The van der Waals surface area contributed by atoms with Gasteiger partial charge in [0.2, 0.25) is 0 Å². The molecule has 0 bridgehead atoms. The van der Waals surface area contributed by atoms with E-state index in [1.54, 1.807) is 45.0 Å². The van der Waals surface area contributed by atoms with E-state index in [9.17, 15) is 18.8 Å². The number of carbonyl (C=O) groups is 3. The predicted molar refractivity (Wildman–Crippen MR) is 99.0 cm³/mol. The summed E-state index contributed by atoms with van der Waals surface area (Å²) in [6, 6.07) is 10.2. The van der Waals surface area contributed by atoms with Gasteiger partial charge in [-0.25, -0.2) is 9.18 Å². The summed E-state index contributed by atoms with van der Waals surface area (Å²) in [7, 11) is 0. The van der Waals surface area contributed by atoms with Crippen molar-refractivity contribution in [2.45, 2.75) is 32.9 Å². The second kappa shape index (κ2) is 6.83. The molecule has 0 unspecified atom stereocenters. The third-order valence-corrected chi connectivity index (χ3v) is 4.21. The van der Waals surface area contributed by atoms with Crippen molar-refractivity contribution >= 4 is 23.5 Å². The highest BCUT2D eigenvalue weighted by Crippen LogP contribution is 2.30. The van der Waals surface area contributed by atoms with Crippen LogP contribution in [0.15, 0.2) is 42.5 Å². The van der Waals surface area contributed by atoms with Crippen LogP contribution >= 0.6 is 0 Å². The number of hydrogen-bond donors (Lipinski definition) is 2. The van der Waals surface area contributed by atoms with E-state index in [0.717, 1.165) is 0 Å². The fourth-order valence-corrected chi connectivity index (χ4v) is 2.92. The van der Waals surface area contributed by atoms with E-state index < -0.39 is 23.3 Å². The van der Waals surface area contributed by atoms with Crippen LogP contribution in [-0.2, 0) is 6.54 Å². The van der Waals surface area contributed by atoms with Crippen molar-refractivity contribution in [1.82, 2.24) is 10.2 Å². The number of fused-ring (bicyclic) bond motifs is 1. The Morgan fingerprint density at radius 3 is 2.37 bits per heavy atom. The lowest BCUT2D eigenvalue weighted by molar-refractivity contribution is 0.0507. The summed E-state index contributed by atoms with van der Waals surface area (Å²) in [5.74, 6) is -1.14. The van der Waals surface area contributed by atoms with Crippen LogP contribution in [0.25, 0.3) is 0 Å². The highest BCUT2D eigenvalue weighted by Gasteiger charge is 2.41. The van der Waals surface area contributed by atoms with Gasteiger partial charge in [0.25, 0.3) is 11.8 Å². The van der Waals surface area contributed by atoms with Crippen molar-refractivity contribution in [2.24, 2.45) is 0 Å². The van der Waals surface area contributed by atoms with Gasteiger partial charge in [-0.15, -0.1) is 0 Å². The number of amides is 4. The van der Waals surface area contributed by atoms with Gasteiger partial charge in [-0.3, -0.25) is 14.5 Å². The maximum Gasteiger partial charge on any atom is 0.319 e. The Bertz CT molecular complexity index is 934. The summed E-state index contributed by atoms with van der Waals surface area (Å²) in [5.41, 5.74) is 0.659. The Balaban J connectivity index is 1.71. The average molecular weight is 369 g/mol. The number of rotatable bonds is 3. The first-order valence-electron chi connectivity index (χ1n) is 8.49. The van der Waals surface area contributed by atoms with Crippen LogP contribution in [0.5, 0.6) is 0 Å². The topological polar surface area (TPSA) is 78.5 Å². The van der Waals surface area contributed by atoms with Crippen LogP contribution in [-0.4, -0.2) is 28.3 Å². The minimum Gasteiger partial charge on any atom is -0.334 e. The quantitative estimate of drug-likeness (QED) is 0.813. The van der Waals surface area contributed by atoms with Gasteiger partial charge in [0.05, 0.1) is 11.1 Å². The second-order valence-corrected chi connectivity index (χ2v) is 7.28. The summed E-state index contributed by atoms with van der Waals surface area (Å²) in [6.45, 7) is 5.37. The SMILES string of the molecule is CC(C)(C)N1C(=O)c2ccc(NC(=O)NCc3ccccc3F)cc2C1=O. The van der Waals surface area contributed by atoms with Gasteiger partial charge >= 0.3 is 6.03 Å². The molecule has 1 aliphatic heterocycles. The molecule has 0 saturated carbocycles. The van der Waals surface area contributed by atoms with E-state index in [2.05, 4.69) is 10.6 Å². The fraction of sp³-hybridized carbons (Fsp3) is 0.250. The molecular weight excluding hydrogens is 349 g/mol. The molecule has 27 heavy (non-hydrogen) atoms. The van der Waals surface area contributed by atoms with Crippen molar-refractivity contribution in [2.75, 3.05) is 5.32 Å². The standard InChI is InChI=1S/C20H20FN3O3/c1-20(2,3)24-17(25)14-9-8-13(10-15(14)18(24)26)23-19(27)22-11-12-6-4-5-7-16(12)21/h4-10H,11H2,1-3H3,(H2,22,23,27). The van der Waals surface area contributed by atoms with Gasteiger partial charge in [-0.2, -0.15) is 0 Å². The maximum absolute atomic E-state index is 13.6. The van der Waals surface area contributed by atoms with Crippen LogP contribution in [0.4, 0.5) is 14.9 Å². The van der Waals surface area contributed by atoms with Crippen LogP contribution < -0.4 is 10.6 Å². The second-order valence-electron chi connectivity index (χ2n) is 7.28. The molecule has 0 aromatic heterocycles. The number of benzene rings is 2. The van der Waals surface area contributed by atoms with Crippen molar-refractivity contribution in [3.8, 4) is 0 Å². The molecule has 1 heterocycles. The third kappa shape index (κ3) is 3.67. The molecule has 4 amide bonds. The van der Waals surface area contributed by atoms with Gasteiger partial charge < -0.3 is 10.6 Å². The smallest absolute Gasteiger partial charge is 0.319 e. The number of nitrogens with one attached hydrogen (secondary N) is 2. The number of carbonyl (C=O) groups excluding carboxylic acids is 3. The van der Waals surface area contributed by atoms with Crippen molar-refractivity contribution < 1.29 is 18.8 Å². The highest BCUT2D eigenvalue weighted by atomic mass is 19.1. The normalized spacial score (nSPS) is 13.6. The van der Waals surface area contributed by atoms with Crippen LogP contribution in [0, 0.1) is 5.82 Å². The summed E-state index contributed by atoms with van der Waals surface area (Å²) >= 11 is 0. The molecule has 6 nitrogen and oxygen atoms in total. The molecule has 0 spiro atoms. The van der Waals surface area contributed by atoms with Gasteiger partial charge in [0, 0.05) is 23.3 Å². The summed E-state index contributed by atoms with van der Waals surface area (Å²) in [4.78, 5) is 38.3. The molecule has 0 radical (unpaired) electrons. The van der Waals surface area contributed by atoms with Crippen molar-refractivity contribution in [3.63, 3.8) is 0 Å². The zero-order chi connectivity index (χ0) is 19.8. The third-order valence-electron chi connectivity index (χ3n) is 4.21. The van der Waals surface area contributed by atoms with Crippen molar-refractivity contribution in [3.05, 3.63) is 65.0 Å². The monoisotopic (exact) mass is 369 g/mol. The van der Waals surface area contributed by atoms with Gasteiger partial charge in [0.15, 0.2) is 0 Å².